The fraction of sp³-hybridized carbons (Fsp3) is 0.364. The number of hydrogen-bond acceptors (Lipinski definition) is 5. The lowest BCUT2D eigenvalue weighted by Gasteiger charge is -2.36. The van der Waals surface area contributed by atoms with Gasteiger partial charge >= 0.3 is 6.18 Å². The number of piperidine rings is 1. The molecule has 12 heteroatoms. The van der Waals surface area contributed by atoms with Crippen LogP contribution in [-0.4, -0.2) is 43.0 Å². The summed E-state index contributed by atoms with van der Waals surface area (Å²) in [6.45, 7) is 0.325. The molecule has 0 unspecified atom stereocenters. The molecule has 34 heavy (non-hydrogen) atoms. The number of oxime groups is 1. The molecule has 0 aliphatic carbocycles. The van der Waals surface area contributed by atoms with Crippen molar-refractivity contribution < 1.29 is 31.2 Å². The average Bonchev–Trinajstić information content (AvgIpc) is 3.21. The van der Waals surface area contributed by atoms with E-state index in [1.165, 1.54) is 0 Å². The average molecular weight is 516 g/mol. The molecule has 2 aliphatic heterocycles. The minimum absolute atomic E-state index is 0.0332. The van der Waals surface area contributed by atoms with Crippen molar-refractivity contribution in [1.29, 1.82) is 0 Å². The second-order valence-electron chi connectivity index (χ2n) is 8.23. The van der Waals surface area contributed by atoms with Crippen molar-refractivity contribution in [3.05, 3.63) is 64.7 Å². The molecule has 0 atom stereocenters. The molecule has 182 valence electrons. The number of benzene rings is 2. The molecule has 1 saturated heterocycles. The number of carbonyl (C=O) groups is 1. The lowest BCUT2D eigenvalue weighted by Crippen LogP contribution is -2.47. The first-order valence-electron chi connectivity index (χ1n) is 10.4. The maximum absolute atomic E-state index is 13.0. The van der Waals surface area contributed by atoms with E-state index in [9.17, 15) is 26.4 Å². The van der Waals surface area contributed by atoms with Gasteiger partial charge in [-0.05, 0) is 35.9 Å². The zero-order valence-electron chi connectivity index (χ0n) is 17.8. The Labute approximate surface area is 199 Å². The van der Waals surface area contributed by atoms with Crippen LogP contribution in [0.4, 0.5) is 13.2 Å². The maximum atomic E-state index is 13.0. The van der Waals surface area contributed by atoms with Crippen LogP contribution in [0, 0.1) is 0 Å². The molecule has 1 fully saturated rings. The molecule has 1 N–H and O–H groups in total. The van der Waals surface area contributed by atoms with Gasteiger partial charge < -0.3 is 10.2 Å². The van der Waals surface area contributed by atoms with Gasteiger partial charge in [0, 0.05) is 43.9 Å². The van der Waals surface area contributed by atoms with Gasteiger partial charge in [0.1, 0.15) is 11.3 Å². The summed E-state index contributed by atoms with van der Waals surface area (Å²) in [5, 5.41) is 7.22. The third-order valence-corrected chi connectivity index (χ3v) is 8.01. The summed E-state index contributed by atoms with van der Waals surface area (Å²) in [6.07, 6.45) is -3.93. The Balaban J connectivity index is 1.35. The Kier molecular flexibility index (Phi) is 6.63. The van der Waals surface area contributed by atoms with E-state index in [1.54, 1.807) is 18.2 Å². The molecule has 0 radical (unpaired) electrons. The van der Waals surface area contributed by atoms with Gasteiger partial charge in [0.15, 0.2) is 0 Å². The first-order valence-corrected chi connectivity index (χ1v) is 12.3. The van der Waals surface area contributed by atoms with Crippen LogP contribution < -0.4 is 5.32 Å². The van der Waals surface area contributed by atoms with Crippen molar-refractivity contribution in [3.63, 3.8) is 0 Å². The fourth-order valence-corrected chi connectivity index (χ4v) is 5.66. The molecule has 1 spiro atoms. The van der Waals surface area contributed by atoms with E-state index >= 15 is 0 Å². The molecular formula is C22H21ClF3N3O4S. The van der Waals surface area contributed by atoms with Gasteiger partial charge in [-0.25, -0.2) is 8.42 Å². The van der Waals surface area contributed by atoms with Crippen LogP contribution in [0.5, 0.6) is 0 Å². The van der Waals surface area contributed by atoms with Gasteiger partial charge in [-0.1, -0.05) is 35.0 Å². The first-order chi connectivity index (χ1) is 16.0. The minimum Gasteiger partial charge on any atom is -0.388 e. The summed E-state index contributed by atoms with van der Waals surface area (Å²) in [7, 11) is -4.11. The second kappa shape index (κ2) is 9.20. The highest BCUT2D eigenvalue weighted by Gasteiger charge is 2.46. The topological polar surface area (TPSA) is 88.1 Å². The lowest BCUT2D eigenvalue weighted by atomic mass is 9.87. The molecule has 0 bridgehead atoms. The molecule has 7 nitrogen and oxygen atoms in total. The van der Waals surface area contributed by atoms with Crippen molar-refractivity contribution in [2.45, 2.75) is 42.5 Å². The molecule has 4 rings (SSSR count). The SMILES string of the molecule is O=C(NCc1cccc(Cl)c1)C1=NOC2(CCN(S(=O)(=O)c3cccc(C(F)(F)F)c3)CC2)C1. The zero-order valence-corrected chi connectivity index (χ0v) is 19.4. The number of amides is 1. The van der Waals surface area contributed by atoms with Crippen LogP contribution >= 0.6 is 11.6 Å². The standard InChI is InChI=1S/C22H21ClF3N3O4S/c23-17-5-1-3-15(11-17)14-27-20(30)19-13-21(33-28-19)7-9-29(10-8-21)34(31,32)18-6-2-4-16(12-18)22(24,25)26/h1-6,11-12H,7-10,13-14H2,(H,27,30). The first kappa shape index (κ1) is 24.5. The van der Waals surface area contributed by atoms with Crippen molar-refractivity contribution in [3.8, 4) is 0 Å². The Morgan fingerprint density at radius 2 is 1.85 bits per heavy atom. The molecule has 1 amide bonds. The van der Waals surface area contributed by atoms with E-state index < -0.39 is 38.2 Å². The van der Waals surface area contributed by atoms with Crippen molar-refractivity contribution in [2.24, 2.45) is 5.16 Å². The number of halogens is 4. The van der Waals surface area contributed by atoms with Gasteiger partial charge in [0.25, 0.3) is 5.91 Å². The minimum atomic E-state index is -4.64. The number of hydrogen-bond donors (Lipinski definition) is 1. The number of alkyl halides is 3. The quantitative estimate of drug-likeness (QED) is 0.652. The Hall–Kier alpha value is -2.63. The molecular weight excluding hydrogens is 495 g/mol. The van der Waals surface area contributed by atoms with E-state index in [1.807, 2.05) is 6.07 Å². The zero-order chi connectivity index (χ0) is 24.6. The summed E-state index contributed by atoms with van der Waals surface area (Å²) in [5.41, 5.74) is -0.815. The highest BCUT2D eigenvalue weighted by molar-refractivity contribution is 7.89. The summed E-state index contributed by atoms with van der Waals surface area (Å²) in [4.78, 5) is 17.6. The van der Waals surface area contributed by atoms with Gasteiger partial charge in [-0.3, -0.25) is 4.79 Å². The third-order valence-electron chi connectivity index (χ3n) is 5.88. The molecule has 0 aromatic heterocycles. The predicted molar refractivity (Wildman–Crippen MR) is 119 cm³/mol. The van der Waals surface area contributed by atoms with Gasteiger partial charge in [-0.2, -0.15) is 17.5 Å². The molecule has 2 aliphatic rings. The van der Waals surface area contributed by atoms with Crippen molar-refractivity contribution >= 4 is 33.2 Å². The molecule has 2 aromatic rings. The molecule has 2 aromatic carbocycles. The third kappa shape index (κ3) is 5.21. The Bertz CT molecular complexity index is 1230. The van der Waals surface area contributed by atoms with Crippen molar-refractivity contribution in [1.82, 2.24) is 9.62 Å². The van der Waals surface area contributed by atoms with Crippen LogP contribution in [0.3, 0.4) is 0 Å². The monoisotopic (exact) mass is 515 g/mol. The molecule has 0 saturated carbocycles. The van der Waals surface area contributed by atoms with Gasteiger partial charge in [0.05, 0.1) is 10.5 Å². The summed E-state index contributed by atoms with van der Waals surface area (Å²) < 4.78 is 65.9. The Morgan fingerprint density at radius 1 is 1.15 bits per heavy atom. The number of nitrogens with zero attached hydrogens (tertiary/aromatic N) is 2. The highest BCUT2D eigenvalue weighted by atomic mass is 35.5. The van der Waals surface area contributed by atoms with Crippen LogP contribution in [0.2, 0.25) is 5.02 Å². The van der Waals surface area contributed by atoms with Crippen LogP contribution in [0.15, 0.2) is 58.6 Å². The second-order valence-corrected chi connectivity index (χ2v) is 10.6. The number of carbonyl (C=O) groups excluding carboxylic acids is 1. The van der Waals surface area contributed by atoms with Crippen LogP contribution in [0.1, 0.15) is 30.4 Å². The summed E-state index contributed by atoms with van der Waals surface area (Å²) >= 11 is 5.94. The molecule has 2 heterocycles. The Morgan fingerprint density at radius 3 is 2.53 bits per heavy atom. The smallest absolute Gasteiger partial charge is 0.388 e. The van der Waals surface area contributed by atoms with E-state index in [2.05, 4.69) is 10.5 Å². The fourth-order valence-electron chi connectivity index (χ4n) is 3.96. The van der Waals surface area contributed by atoms with Crippen molar-refractivity contribution in [2.75, 3.05) is 13.1 Å². The van der Waals surface area contributed by atoms with Gasteiger partial charge in [0.2, 0.25) is 10.0 Å². The van der Waals surface area contributed by atoms with Crippen LogP contribution in [0.25, 0.3) is 0 Å². The van der Waals surface area contributed by atoms with E-state index in [-0.39, 0.29) is 44.6 Å². The maximum Gasteiger partial charge on any atom is 0.416 e. The van der Waals surface area contributed by atoms with E-state index in [0.717, 1.165) is 28.1 Å². The summed E-state index contributed by atoms with van der Waals surface area (Å²) in [6, 6.07) is 10.7. The lowest BCUT2D eigenvalue weighted by molar-refractivity contribution is -0.137. The normalized spacial score (nSPS) is 18.4. The van der Waals surface area contributed by atoms with E-state index in [4.69, 9.17) is 16.4 Å². The van der Waals surface area contributed by atoms with Gasteiger partial charge in [-0.15, -0.1) is 0 Å². The van der Waals surface area contributed by atoms with Crippen LogP contribution in [-0.2, 0) is 32.4 Å². The summed E-state index contributed by atoms with van der Waals surface area (Å²) in [5.74, 6) is -0.393. The number of sulfonamides is 1. The highest BCUT2D eigenvalue weighted by Crippen LogP contribution is 2.37. The largest absolute Gasteiger partial charge is 0.416 e. The predicted octanol–water partition coefficient (Wildman–Crippen LogP) is 3.97. The number of rotatable bonds is 5. The number of nitrogens with one attached hydrogen (secondary N) is 1. The van der Waals surface area contributed by atoms with E-state index in [0.29, 0.717) is 11.1 Å².